The van der Waals surface area contributed by atoms with E-state index in [-0.39, 0.29) is 0 Å². The van der Waals surface area contributed by atoms with Crippen LogP contribution in [-0.4, -0.2) is 33.4 Å². The summed E-state index contributed by atoms with van der Waals surface area (Å²) in [5.41, 5.74) is 2.47. The summed E-state index contributed by atoms with van der Waals surface area (Å²) in [6, 6.07) is 6.32. The van der Waals surface area contributed by atoms with Crippen molar-refractivity contribution in [2.45, 2.75) is 0 Å². The fourth-order valence-corrected chi connectivity index (χ4v) is 2.14. The Morgan fingerprint density at radius 3 is 3.20 bits per heavy atom. The van der Waals surface area contributed by atoms with Crippen LogP contribution in [0.4, 0.5) is 11.4 Å². The van der Waals surface area contributed by atoms with Crippen LogP contribution < -0.4 is 10.2 Å². The van der Waals surface area contributed by atoms with E-state index in [1.807, 2.05) is 0 Å². The summed E-state index contributed by atoms with van der Waals surface area (Å²) in [6.45, 7) is 3.75. The van der Waals surface area contributed by atoms with E-state index < -0.39 is 0 Å². The van der Waals surface area contributed by atoms with Crippen molar-refractivity contribution >= 4 is 27.3 Å². The second-order valence-corrected chi connectivity index (χ2v) is 4.48. The van der Waals surface area contributed by atoms with Gasteiger partial charge in [0, 0.05) is 31.2 Å². The zero-order valence-corrected chi connectivity index (χ0v) is 10.4. The third kappa shape index (κ3) is 2.44. The highest BCUT2D eigenvalue weighted by atomic mass is 79.9. The molecule has 82 valence electrons. The average Bonchev–Trinajstić information content (AvgIpc) is 2.26. The molecular formula is C11H15BrN2O. The summed E-state index contributed by atoms with van der Waals surface area (Å²) in [6.07, 6.45) is 0. The predicted octanol–water partition coefficient (Wildman–Crippen LogP) is 2.33. The molecule has 1 aromatic rings. The number of halogens is 1. The number of hydrogen-bond donors (Lipinski definition) is 1. The Kier molecular flexibility index (Phi) is 3.49. The maximum Gasteiger partial charge on any atom is 0.0637 e. The Morgan fingerprint density at radius 1 is 1.53 bits per heavy atom. The SMILES string of the molecule is COCCN1CCNc2ccc(Br)cc21. The van der Waals surface area contributed by atoms with E-state index in [2.05, 4.69) is 44.3 Å². The minimum absolute atomic E-state index is 0.770. The third-order valence-electron chi connectivity index (χ3n) is 2.56. The van der Waals surface area contributed by atoms with Crippen LogP contribution in [0, 0.1) is 0 Å². The van der Waals surface area contributed by atoms with Gasteiger partial charge in [-0.3, -0.25) is 0 Å². The van der Waals surface area contributed by atoms with Gasteiger partial charge in [0.25, 0.3) is 0 Å². The highest BCUT2D eigenvalue weighted by Gasteiger charge is 2.15. The van der Waals surface area contributed by atoms with Crippen molar-refractivity contribution < 1.29 is 4.74 Å². The lowest BCUT2D eigenvalue weighted by atomic mass is 10.2. The molecule has 3 nitrogen and oxygen atoms in total. The Morgan fingerprint density at radius 2 is 2.40 bits per heavy atom. The van der Waals surface area contributed by atoms with Gasteiger partial charge in [0.15, 0.2) is 0 Å². The van der Waals surface area contributed by atoms with E-state index in [4.69, 9.17) is 4.74 Å². The molecule has 1 aliphatic heterocycles. The molecule has 0 aliphatic carbocycles. The second-order valence-electron chi connectivity index (χ2n) is 3.57. The molecule has 0 amide bonds. The monoisotopic (exact) mass is 270 g/mol. The minimum atomic E-state index is 0.770. The molecule has 0 bridgehead atoms. The van der Waals surface area contributed by atoms with Gasteiger partial charge in [0.1, 0.15) is 0 Å². The normalized spacial score (nSPS) is 14.7. The van der Waals surface area contributed by atoms with Crippen molar-refractivity contribution in [3.63, 3.8) is 0 Å². The number of ether oxygens (including phenoxy) is 1. The van der Waals surface area contributed by atoms with Crippen molar-refractivity contribution in [2.75, 3.05) is 43.6 Å². The summed E-state index contributed by atoms with van der Waals surface area (Å²) in [5, 5.41) is 3.39. The lowest BCUT2D eigenvalue weighted by molar-refractivity contribution is 0.205. The molecule has 1 N–H and O–H groups in total. The third-order valence-corrected chi connectivity index (χ3v) is 3.06. The number of methoxy groups -OCH3 is 1. The van der Waals surface area contributed by atoms with Gasteiger partial charge >= 0.3 is 0 Å². The topological polar surface area (TPSA) is 24.5 Å². The first-order chi connectivity index (χ1) is 7.31. The summed E-state index contributed by atoms with van der Waals surface area (Å²) in [7, 11) is 1.74. The number of fused-ring (bicyclic) bond motifs is 1. The number of nitrogens with one attached hydrogen (secondary N) is 1. The average molecular weight is 271 g/mol. The number of benzene rings is 1. The van der Waals surface area contributed by atoms with Gasteiger partial charge in [-0.2, -0.15) is 0 Å². The van der Waals surface area contributed by atoms with Gasteiger partial charge < -0.3 is 15.0 Å². The predicted molar refractivity (Wildman–Crippen MR) is 66.7 cm³/mol. The Bertz CT molecular complexity index is 343. The van der Waals surface area contributed by atoms with Crippen LogP contribution in [0.15, 0.2) is 22.7 Å². The Labute approximate surface area is 98.5 Å². The smallest absolute Gasteiger partial charge is 0.0637 e. The van der Waals surface area contributed by atoms with Gasteiger partial charge in [0.2, 0.25) is 0 Å². The Balaban J connectivity index is 2.20. The highest BCUT2D eigenvalue weighted by molar-refractivity contribution is 9.10. The zero-order chi connectivity index (χ0) is 10.7. The van der Waals surface area contributed by atoms with E-state index in [1.165, 1.54) is 11.4 Å². The molecular weight excluding hydrogens is 256 g/mol. The molecule has 0 saturated heterocycles. The van der Waals surface area contributed by atoms with E-state index in [0.29, 0.717) is 0 Å². The molecule has 1 heterocycles. The molecule has 15 heavy (non-hydrogen) atoms. The Hall–Kier alpha value is -0.740. The molecule has 0 unspecified atom stereocenters. The minimum Gasteiger partial charge on any atom is -0.383 e. The van der Waals surface area contributed by atoms with Crippen LogP contribution in [0.5, 0.6) is 0 Å². The number of hydrogen-bond acceptors (Lipinski definition) is 3. The lowest BCUT2D eigenvalue weighted by Gasteiger charge is -2.32. The summed E-state index contributed by atoms with van der Waals surface area (Å²) in [5.74, 6) is 0. The number of anilines is 2. The molecule has 0 saturated carbocycles. The van der Waals surface area contributed by atoms with Gasteiger partial charge in [-0.05, 0) is 18.2 Å². The first kappa shape index (κ1) is 10.8. The van der Waals surface area contributed by atoms with E-state index in [0.717, 1.165) is 30.7 Å². The maximum absolute atomic E-state index is 5.12. The van der Waals surface area contributed by atoms with Crippen molar-refractivity contribution in [3.05, 3.63) is 22.7 Å². The molecule has 4 heteroatoms. The van der Waals surface area contributed by atoms with Crippen LogP contribution in [-0.2, 0) is 4.74 Å². The lowest BCUT2D eigenvalue weighted by Crippen LogP contribution is -2.36. The largest absolute Gasteiger partial charge is 0.383 e. The number of rotatable bonds is 3. The first-order valence-electron chi connectivity index (χ1n) is 5.08. The number of nitrogens with zero attached hydrogens (tertiary/aromatic N) is 1. The quantitative estimate of drug-likeness (QED) is 0.913. The molecule has 0 fully saturated rings. The first-order valence-corrected chi connectivity index (χ1v) is 5.88. The van der Waals surface area contributed by atoms with Crippen LogP contribution >= 0.6 is 15.9 Å². The van der Waals surface area contributed by atoms with Crippen molar-refractivity contribution in [2.24, 2.45) is 0 Å². The molecule has 0 radical (unpaired) electrons. The fraction of sp³-hybridized carbons (Fsp3) is 0.455. The van der Waals surface area contributed by atoms with Crippen molar-refractivity contribution in [1.29, 1.82) is 0 Å². The zero-order valence-electron chi connectivity index (χ0n) is 8.79. The second kappa shape index (κ2) is 4.86. The summed E-state index contributed by atoms with van der Waals surface area (Å²) < 4.78 is 6.23. The maximum atomic E-state index is 5.12. The standard InChI is InChI=1S/C11H15BrN2O/c1-15-7-6-14-5-4-13-10-3-2-9(12)8-11(10)14/h2-3,8,13H,4-7H2,1H3. The molecule has 0 spiro atoms. The van der Waals surface area contributed by atoms with Gasteiger partial charge in [-0.1, -0.05) is 15.9 Å². The van der Waals surface area contributed by atoms with Crippen molar-refractivity contribution in [1.82, 2.24) is 0 Å². The van der Waals surface area contributed by atoms with Crippen LogP contribution in [0.25, 0.3) is 0 Å². The highest BCUT2D eigenvalue weighted by Crippen LogP contribution is 2.31. The van der Waals surface area contributed by atoms with Crippen molar-refractivity contribution in [3.8, 4) is 0 Å². The van der Waals surface area contributed by atoms with E-state index in [9.17, 15) is 0 Å². The molecule has 2 rings (SSSR count). The van der Waals surface area contributed by atoms with Crippen LogP contribution in [0.3, 0.4) is 0 Å². The van der Waals surface area contributed by atoms with Crippen LogP contribution in [0.1, 0.15) is 0 Å². The van der Waals surface area contributed by atoms with Gasteiger partial charge in [-0.25, -0.2) is 0 Å². The summed E-state index contributed by atoms with van der Waals surface area (Å²) in [4.78, 5) is 2.35. The molecule has 1 aromatic carbocycles. The molecule has 0 aromatic heterocycles. The van der Waals surface area contributed by atoms with E-state index in [1.54, 1.807) is 7.11 Å². The summed E-state index contributed by atoms with van der Waals surface area (Å²) >= 11 is 3.50. The van der Waals surface area contributed by atoms with Gasteiger partial charge in [0.05, 0.1) is 18.0 Å². The fourth-order valence-electron chi connectivity index (χ4n) is 1.80. The van der Waals surface area contributed by atoms with Crippen LogP contribution in [0.2, 0.25) is 0 Å². The molecule has 1 aliphatic rings. The van der Waals surface area contributed by atoms with Gasteiger partial charge in [-0.15, -0.1) is 0 Å². The van der Waals surface area contributed by atoms with E-state index >= 15 is 0 Å². The molecule has 0 atom stereocenters.